The van der Waals surface area contributed by atoms with Crippen LogP contribution in [-0.4, -0.2) is 16.0 Å². The highest BCUT2D eigenvalue weighted by atomic mass is 16.5. The van der Waals surface area contributed by atoms with Crippen molar-refractivity contribution in [2.75, 3.05) is 5.73 Å². The molecule has 2 aromatic rings. The predicted molar refractivity (Wildman–Crippen MR) is 73.9 cm³/mol. The highest BCUT2D eigenvalue weighted by Gasteiger charge is 2.13. The number of primary amides is 1. The smallest absolute Gasteiger partial charge is 0.220 e. The molecule has 0 fully saturated rings. The van der Waals surface area contributed by atoms with Crippen LogP contribution in [0.15, 0.2) is 42.6 Å². The second kappa shape index (κ2) is 6.03. The van der Waals surface area contributed by atoms with Gasteiger partial charge in [-0.25, -0.2) is 0 Å². The molecule has 0 bridgehead atoms. The summed E-state index contributed by atoms with van der Waals surface area (Å²) in [4.78, 5) is 14.8. The number of aliphatic hydroxyl groups is 1. The third-order valence-corrected chi connectivity index (χ3v) is 2.60. The maximum atomic E-state index is 10.8. The Labute approximate surface area is 116 Å². The van der Waals surface area contributed by atoms with Crippen LogP contribution in [0.25, 0.3) is 0 Å². The molecule has 1 heterocycles. The van der Waals surface area contributed by atoms with Gasteiger partial charge in [-0.15, -0.1) is 0 Å². The van der Waals surface area contributed by atoms with Crippen LogP contribution >= 0.6 is 0 Å². The summed E-state index contributed by atoms with van der Waals surface area (Å²) in [5.41, 5.74) is 11.6. The number of nitrogens with two attached hydrogens (primary N) is 2. The number of nitrogen functional groups attached to an aromatic ring is 1. The molecule has 6 nitrogen and oxygen atoms in total. The lowest BCUT2D eigenvalue weighted by atomic mass is 10.1. The number of aliphatic hydroxyl groups excluding tert-OH is 1. The van der Waals surface area contributed by atoms with E-state index in [-0.39, 0.29) is 6.42 Å². The van der Waals surface area contributed by atoms with Crippen LogP contribution in [0, 0.1) is 0 Å². The van der Waals surface area contributed by atoms with Crippen LogP contribution in [0.5, 0.6) is 11.5 Å². The van der Waals surface area contributed by atoms with Crippen LogP contribution in [0.3, 0.4) is 0 Å². The lowest BCUT2D eigenvalue weighted by Gasteiger charge is -2.10. The van der Waals surface area contributed by atoms with E-state index < -0.39 is 12.0 Å². The molecule has 5 N–H and O–H groups in total. The molecule has 20 heavy (non-hydrogen) atoms. The molecule has 0 aliphatic carbocycles. The van der Waals surface area contributed by atoms with Gasteiger partial charge in [0.05, 0.1) is 12.1 Å². The van der Waals surface area contributed by atoms with E-state index in [0.717, 1.165) is 0 Å². The fourth-order valence-corrected chi connectivity index (χ4v) is 1.64. The molecule has 2 rings (SSSR count). The number of ether oxygens (including phenoxy) is 1. The van der Waals surface area contributed by atoms with Crippen LogP contribution in [0.1, 0.15) is 18.2 Å². The largest absolute Gasteiger partial charge is 0.457 e. The first-order chi connectivity index (χ1) is 9.54. The normalized spacial score (nSPS) is 11.8. The van der Waals surface area contributed by atoms with E-state index in [9.17, 15) is 9.90 Å². The molecule has 1 atom stereocenters. The highest BCUT2D eigenvalue weighted by molar-refractivity contribution is 5.74. The first kappa shape index (κ1) is 13.8. The van der Waals surface area contributed by atoms with Gasteiger partial charge in [0, 0.05) is 18.0 Å². The van der Waals surface area contributed by atoms with E-state index in [2.05, 4.69) is 4.98 Å². The van der Waals surface area contributed by atoms with E-state index in [1.807, 2.05) is 0 Å². The molecule has 1 unspecified atom stereocenters. The summed E-state index contributed by atoms with van der Waals surface area (Å²) in [6.07, 6.45) is 0.271. The monoisotopic (exact) mass is 273 g/mol. The number of benzene rings is 1. The molecular weight excluding hydrogens is 258 g/mol. The van der Waals surface area contributed by atoms with Crippen molar-refractivity contribution < 1.29 is 14.6 Å². The van der Waals surface area contributed by atoms with Crippen molar-refractivity contribution in [1.29, 1.82) is 0 Å². The topological polar surface area (TPSA) is 111 Å². The maximum absolute atomic E-state index is 10.8. The number of hydrogen-bond acceptors (Lipinski definition) is 5. The van der Waals surface area contributed by atoms with Crippen molar-refractivity contribution in [3.63, 3.8) is 0 Å². The number of carbonyl (C=O) groups is 1. The highest BCUT2D eigenvalue weighted by Crippen LogP contribution is 2.24. The first-order valence-electron chi connectivity index (χ1n) is 6.00. The zero-order valence-corrected chi connectivity index (χ0v) is 10.7. The van der Waals surface area contributed by atoms with Crippen molar-refractivity contribution in [2.24, 2.45) is 5.73 Å². The average molecular weight is 273 g/mol. The van der Waals surface area contributed by atoms with Gasteiger partial charge in [0.15, 0.2) is 0 Å². The molecule has 1 aromatic carbocycles. The van der Waals surface area contributed by atoms with Gasteiger partial charge in [-0.1, -0.05) is 0 Å². The van der Waals surface area contributed by atoms with Gasteiger partial charge in [0.2, 0.25) is 5.91 Å². The van der Waals surface area contributed by atoms with Gasteiger partial charge in [0.25, 0.3) is 0 Å². The van der Waals surface area contributed by atoms with Gasteiger partial charge in [0.1, 0.15) is 17.6 Å². The molecule has 0 spiro atoms. The Morgan fingerprint density at radius 3 is 2.60 bits per heavy atom. The molecule has 1 amide bonds. The molecule has 1 aromatic heterocycles. The molecular formula is C14H15N3O3. The summed E-state index contributed by atoms with van der Waals surface area (Å²) in [7, 11) is 0. The summed E-state index contributed by atoms with van der Waals surface area (Å²) in [5.74, 6) is 0.521. The second-order valence-electron chi connectivity index (χ2n) is 4.27. The van der Waals surface area contributed by atoms with E-state index in [0.29, 0.717) is 22.9 Å². The van der Waals surface area contributed by atoms with Crippen molar-refractivity contribution in [2.45, 2.75) is 12.5 Å². The Hall–Kier alpha value is -2.60. The van der Waals surface area contributed by atoms with Crippen molar-refractivity contribution in [3.8, 4) is 11.5 Å². The fraction of sp³-hybridized carbons (Fsp3) is 0.143. The van der Waals surface area contributed by atoms with Crippen LogP contribution in [0.2, 0.25) is 0 Å². The van der Waals surface area contributed by atoms with Gasteiger partial charge in [-0.3, -0.25) is 9.78 Å². The van der Waals surface area contributed by atoms with Crippen LogP contribution < -0.4 is 16.2 Å². The second-order valence-corrected chi connectivity index (χ2v) is 4.27. The number of nitrogens with zero attached hydrogens (tertiary/aromatic N) is 1. The third-order valence-electron chi connectivity index (χ3n) is 2.60. The third kappa shape index (κ3) is 3.69. The molecule has 0 saturated carbocycles. The standard InChI is InChI=1S/C14H15N3O3/c15-9-1-3-10(4-2-9)20-11-5-6-17-12(7-11)13(18)8-14(16)19/h1-7,13,18H,8,15H2,(H2,16,19). The minimum absolute atomic E-state index is 0.182. The number of amides is 1. The number of hydrogen-bond donors (Lipinski definition) is 3. The van der Waals surface area contributed by atoms with E-state index in [4.69, 9.17) is 16.2 Å². The Bertz CT molecular complexity index is 599. The first-order valence-corrected chi connectivity index (χ1v) is 6.00. The Balaban J connectivity index is 2.13. The molecule has 0 aliphatic heterocycles. The predicted octanol–water partition coefficient (Wildman–Crippen LogP) is 1.36. The average Bonchev–Trinajstić information content (AvgIpc) is 2.41. The number of aromatic nitrogens is 1. The molecule has 6 heteroatoms. The Kier molecular flexibility index (Phi) is 4.17. The Morgan fingerprint density at radius 1 is 1.25 bits per heavy atom. The minimum Gasteiger partial charge on any atom is -0.457 e. The summed E-state index contributed by atoms with van der Waals surface area (Å²) in [6.45, 7) is 0. The summed E-state index contributed by atoms with van der Waals surface area (Å²) in [6, 6.07) is 10.1. The summed E-state index contributed by atoms with van der Waals surface area (Å²) >= 11 is 0. The van der Waals surface area contributed by atoms with E-state index >= 15 is 0 Å². The van der Waals surface area contributed by atoms with E-state index in [1.54, 1.807) is 36.4 Å². The summed E-state index contributed by atoms with van der Waals surface area (Å²) < 4.78 is 5.61. The maximum Gasteiger partial charge on any atom is 0.220 e. The quantitative estimate of drug-likeness (QED) is 0.712. The molecule has 104 valence electrons. The molecule has 0 radical (unpaired) electrons. The minimum atomic E-state index is -1.04. The lowest BCUT2D eigenvalue weighted by molar-refractivity contribution is -0.120. The summed E-state index contributed by atoms with van der Waals surface area (Å²) in [5, 5.41) is 9.78. The fourth-order valence-electron chi connectivity index (χ4n) is 1.64. The molecule has 0 aliphatic rings. The van der Waals surface area contributed by atoms with E-state index in [1.165, 1.54) is 6.20 Å². The number of carbonyl (C=O) groups excluding carboxylic acids is 1. The zero-order chi connectivity index (χ0) is 14.5. The molecule has 0 saturated heterocycles. The van der Waals surface area contributed by atoms with Gasteiger partial charge < -0.3 is 21.3 Å². The van der Waals surface area contributed by atoms with Gasteiger partial charge in [-0.2, -0.15) is 0 Å². The zero-order valence-electron chi connectivity index (χ0n) is 10.7. The lowest BCUT2D eigenvalue weighted by Crippen LogP contribution is -2.15. The van der Waals surface area contributed by atoms with Gasteiger partial charge >= 0.3 is 0 Å². The number of anilines is 1. The van der Waals surface area contributed by atoms with Gasteiger partial charge in [-0.05, 0) is 30.3 Å². The Morgan fingerprint density at radius 2 is 1.95 bits per heavy atom. The number of pyridine rings is 1. The SMILES string of the molecule is NC(=O)CC(O)c1cc(Oc2ccc(N)cc2)ccn1. The van der Waals surface area contributed by atoms with Crippen molar-refractivity contribution in [1.82, 2.24) is 4.98 Å². The van der Waals surface area contributed by atoms with Crippen LogP contribution in [-0.2, 0) is 4.79 Å². The van der Waals surface area contributed by atoms with Crippen LogP contribution in [0.4, 0.5) is 5.69 Å². The van der Waals surface area contributed by atoms with Crippen molar-refractivity contribution in [3.05, 3.63) is 48.3 Å². The number of rotatable bonds is 5. The van der Waals surface area contributed by atoms with Crippen molar-refractivity contribution >= 4 is 11.6 Å².